The molecule has 1 amide bonds. The number of amides is 1. The van der Waals surface area contributed by atoms with Gasteiger partial charge in [0, 0.05) is 11.7 Å². The highest BCUT2D eigenvalue weighted by Gasteiger charge is 2.13. The van der Waals surface area contributed by atoms with Gasteiger partial charge in [0.15, 0.2) is 0 Å². The van der Waals surface area contributed by atoms with Gasteiger partial charge in [-0.25, -0.2) is 0 Å². The van der Waals surface area contributed by atoms with Crippen molar-refractivity contribution in [1.82, 2.24) is 10.3 Å². The number of aryl methyl sites for hydroxylation is 1. The number of rotatable bonds is 4. The molecule has 100 valence electrons. The Morgan fingerprint density at radius 2 is 2.21 bits per heavy atom. The van der Waals surface area contributed by atoms with Gasteiger partial charge in [-0.15, -0.1) is 0 Å². The Morgan fingerprint density at radius 3 is 2.84 bits per heavy atom. The third-order valence-electron chi connectivity index (χ3n) is 2.80. The molecule has 0 saturated heterocycles. The highest BCUT2D eigenvalue weighted by molar-refractivity contribution is 7.07. The summed E-state index contributed by atoms with van der Waals surface area (Å²) in [6, 6.07) is 5.30. The van der Waals surface area contributed by atoms with Crippen LogP contribution in [0, 0.1) is 6.92 Å². The minimum Gasteiger partial charge on any atom is -0.349 e. The minimum atomic E-state index is -0.347. The van der Waals surface area contributed by atoms with Crippen LogP contribution in [0.5, 0.6) is 0 Å². The van der Waals surface area contributed by atoms with Crippen molar-refractivity contribution in [2.45, 2.75) is 26.3 Å². The van der Waals surface area contributed by atoms with Crippen molar-refractivity contribution < 1.29 is 4.79 Å². The van der Waals surface area contributed by atoms with Crippen LogP contribution >= 0.6 is 11.3 Å². The Balaban J connectivity index is 2.02. The van der Waals surface area contributed by atoms with Crippen LogP contribution in [0.1, 0.15) is 28.5 Å². The Labute approximate surface area is 115 Å². The molecule has 2 aromatic rings. The zero-order chi connectivity index (χ0) is 13.8. The fourth-order valence-corrected chi connectivity index (χ4v) is 2.55. The number of thiophene rings is 1. The molecule has 0 radical (unpaired) electrons. The largest absolute Gasteiger partial charge is 0.349 e. The first-order valence-corrected chi connectivity index (χ1v) is 7.02. The van der Waals surface area contributed by atoms with E-state index in [2.05, 4.69) is 15.7 Å². The quantitative estimate of drug-likeness (QED) is 0.898. The van der Waals surface area contributed by atoms with E-state index in [1.165, 1.54) is 5.56 Å². The van der Waals surface area contributed by atoms with Gasteiger partial charge in [-0.3, -0.25) is 9.59 Å². The molecule has 0 aliphatic heterocycles. The van der Waals surface area contributed by atoms with E-state index in [4.69, 9.17) is 0 Å². The molecule has 1 atom stereocenters. The van der Waals surface area contributed by atoms with Gasteiger partial charge in [0.1, 0.15) is 5.56 Å². The molecule has 0 aromatic carbocycles. The van der Waals surface area contributed by atoms with E-state index in [0.29, 0.717) is 0 Å². The van der Waals surface area contributed by atoms with E-state index in [9.17, 15) is 9.59 Å². The van der Waals surface area contributed by atoms with Crippen molar-refractivity contribution in [2.75, 3.05) is 0 Å². The fourth-order valence-electron chi connectivity index (χ4n) is 1.87. The molecule has 5 heteroatoms. The number of hydrogen-bond acceptors (Lipinski definition) is 3. The van der Waals surface area contributed by atoms with Gasteiger partial charge in [0.25, 0.3) is 11.5 Å². The minimum absolute atomic E-state index is 0.0113. The van der Waals surface area contributed by atoms with Gasteiger partial charge in [0.05, 0.1) is 0 Å². The maximum absolute atomic E-state index is 12.0. The van der Waals surface area contributed by atoms with E-state index in [-0.39, 0.29) is 23.1 Å². The third-order valence-corrected chi connectivity index (χ3v) is 3.53. The van der Waals surface area contributed by atoms with E-state index in [0.717, 1.165) is 12.1 Å². The summed E-state index contributed by atoms with van der Waals surface area (Å²) in [5.41, 5.74) is 1.74. The Hall–Kier alpha value is -1.88. The number of pyridine rings is 1. The van der Waals surface area contributed by atoms with Crippen molar-refractivity contribution in [3.63, 3.8) is 0 Å². The monoisotopic (exact) mass is 276 g/mol. The number of aromatic amines is 1. The summed E-state index contributed by atoms with van der Waals surface area (Å²) in [4.78, 5) is 26.3. The van der Waals surface area contributed by atoms with E-state index < -0.39 is 0 Å². The molecular weight excluding hydrogens is 260 g/mol. The van der Waals surface area contributed by atoms with Gasteiger partial charge < -0.3 is 10.3 Å². The van der Waals surface area contributed by atoms with Crippen LogP contribution in [0.2, 0.25) is 0 Å². The van der Waals surface area contributed by atoms with E-state index >= 15 is 0 Å². The summed E-state index contributed by atoms with van der Waals surface area (Å²) in [6.45, 7) is 3.71. The molecule has 0 spiro atoms. The first-order chi connectivity index (χ1) is 9.06. The number of carbonyl (C=O) groups excluding carboxylic acids is 1. The van der Waals surface area contributed by atoms with Gasteiger partial charge >= 0.3 is 0 Å². The van der Waals surface area contributed by atoms with Crippen LogP contribution < -0.4 is 10.9 Å². The van der Waals surface area contributed by atoms with Crippen LogP contribution in [0.25, 0.3) is 0 Å². The van der Waals surface area contributed by atoms with Crippen LogP contribution in [-0.4, -0.2) is 16.9 Å². The van der Waals surface area contributed by atoms with Crippen LogP contribution in [0.4, 0.5) is 0 Å². The second kappa shape index (κ2) is 5.84. The van der Waals surface area contributed by atoms with E-state index in [1.54, 1.807) is 30.4 Å². The number of nitrogens with one attached hydrogen (secondary N) is 2. The number of H-pyrrole nitrogens is 1. The summed E-state index contributed by atoms with van der Waals surface area (Å²) >= 11 is 1.63. The highest BCUT2D eigenvalue weighted by Crippen LogP contribution is 2.08. The van der Waals surface area contributed by atoms with Gasteiger partial charge in [0.2, 0.25) is 0 Å². The molecule has 2 rings (SSSR count). The molecule has 2 aromatic heterocycles. The van der Waals surface area contributed by atoms with Crippen molar-refractivity contribution in [3.05, 3.63) is 56.1 Å². The smallest absolute Gasteiger partial charge is 0.260 e. The number of hydrogen-bond donors (Lipinski definition) is 2. The van der Waals surface area contributed by atoms with Gasteiger partial charge in [-0.2, -0.15) is 11.3 Å². The normalized spacial score (nSPS) is 12.1. The molecule has 2 N–H and O–H groups in total. The number of aromatic nitrogens is 1. The van der Waals surface area contributed by atoms with Crippen molar-refractivity contribution in [1.29, 1.82) is 0 Å². The van der Waals surface area contributed by atoms with Crippen LogP contribution in [-0.2, 0) is 6.42 Å². The average molecular weight is 276 g/mol. The first kappa shape index (κ1) is 13.5. The van der Waals surface area contributed by atoms with Crippen LogP contribution in [0.3, 0.4) is 0 Å². The van der Waals surface area contributed by atoms with Crippen LogP contribution in [0.15, 0.2) is 33.8 Å². The molecule has 0 fully saturated rings. The summed E-state index contributed by atoms with van der Waals surface area (Å²) < 4.78 is 0. The lowest BCUT2D eigenvalue weighted by Gasteiger charge is -2.12. The Morgan fingerprint density at radius 1 is 1.42 bits per heavy atom. The molecule has 0 saturated carbocycles. The molecule has 0 bridgehead atoms. The maximum Gasteiger partial charge on any atom is 0.260 e. The van der Waals surface area contributed by atoms with Crippen molar-refractivity contribution in [2.24, 2.45) is 0 Å². The predicted molar refractivity (Wildman–Crippen MR) is 76.8 cm³/mol. The highest BCUT2D eigenvalue weighted by atomic mass is 32.1. The summed E-state index contributed by atoms with van der Waals surface area (Å²) in [5, 5.41) is 6.91. The SMILES string of the molecule is Cc1ccc(C(=O)N[C@@H](C)Cc2ccsc2)c(=O)[nH]1. The standard InChI is InChI=1S/C14H16N2O2S/c1-9-3-4-12(13(17)15-9)14(18)16-10(2)7-11-5-6-19-8-11/h3-6,8,10H,7H2,1-2H3,(H,15,17)(H,16,18)/t10-/m0/s1. The lowest BCUT2D eigenvalue weighted by molar-refractivity contribution is 0.0938. The topological polar surface area (TPSA) is 62.0 Å². The van der Waals surface area contributed by atoms with Crippen molar-refractivity contribution in [3.8, 4) is 0 Å². The average Bonchev–Trinajstić information content (AvgIpc) is 2.81. The lowest BCUT2D eigenvalue weighted by Crippen LogP contribution is -2.37. The Kier molecular flexibility index (Phi) is 4.16. The fraction of sp³-hybridized carbons (Fsp3) is 0.286. The zero-order valence-electron chi connectivity index (χ0n) is 10.9. The number of carbonyl (C=O) groups is 1. The van der Waals surface area contributed by atoms with Gasteiger partial charge in [-0.1, -0.05) is 0 Å². The molecule has 0 aliphatic rings. The molecule has 19 heavy (non-hydrogen) atoms. The molecule has 0 unspecified atom stereocenters. The molecule has 2 heterocycles. The predicted octanol–water partition coefficient (Wildman–Crippen LogP) is 2.11. The molecule has 4 nitrogen and oxygen atoms in total. The summed E-state index contributed by atoms with van der Waals surface area (Å²) in [5.74, 6) is -0.330. The second-order valence-corrected chi connectivity index (χ2v) is 5.37. The lowest BCUT2D eigenvalue weighted by atomic mass is 10.1. The van der Waals surface area contributed by atoms with E-state index in [1.807, 2.05) is 18.4 Å². The first-order valence-electron chi connectivity index (χ1n) is 6.08. The summed E-state index contributed by atoms with van der Waals surface area (Å²) in [7, 11) is 0. The van der Waals surface area contributed by atoms with Crippen molar-refractivity contribution >= 4 is 17.2 Å². The third kappa shape index (κ3) is 3.54. The van der Waals surface area contributed by atoms with Gasteiger partial charge in [-0.05, 0) is 54.8 Å². The summed E-state index contributed by atoms with van der Waals surface area (Å²) in [6.07, 6.45) is 0.763. The second-order valence-electron chi connectivity index (χ2n) is 4.59. The maximum atomic E-state index is 12.0. The zero-order valence-corrected chi connectivity index (χ0v) is 11.7. The molecule has 0 aliphatic carbocycles. The molecular formula is C14H16N2O2S. The Bertz CT molecular complexity index is 617.